The number of hydrogen-bond acceptors (Lipinski definition) is 5. The first kappa shape index (κ1) is 8.51. The maximum Gasteiger partial charge on any atom is 0.509 e. The molecule has 74 valence electrons. The molecule has 4 rings (SSSR count). The van der Waals surface area contributed by atoms with Crippen molar-refractivity contribution in [2.45, 2.75) is 18.3 Å². The van der Waals surface area contributed by atoms with Gasteiger partial charge in [0.25, 0.3) is 0 Å². The molecule has 2 saturated heterocycles. The van der Waals surface area contributed by atoms with E-state index in [4.69, 9.17) is 14.2 Å². The van der Waals surface area contributed by atoms with Gasteiger partial charge in [-0.2, -0.15) is 0 Å². The highest BCUT2D eigenvalue weighted by Gasteiger charge is 2.57. The molecule has 0 unspecified atom stereocenters. The molecule has 0 radical (unpaired) electrons. The molecule has 2 fully saturated rings. The van der Waals surface area contributed by atoms with Crippen molar-refractivity contribution in [1.29, 1.82) is 0 Å². The minimum absolute atomic E-state index is 0.338. The summed E-state index contributed by atoms with van der Waals surface area (Å²) in [6.45, 7) is 0. The molecule has 14 heavy (non-hydrogen) atoms. The number of esters is 1. The largest absolute Gasteiger partial charge is 0.509 e. The molecule has 3 heterocycles. The lowest BCUT2D eigenvalue weighted by atomic mass is 9.86. The minimum Gasteiger partial charge on any atom is -0.452 e. The topological polar surface area (TPSA) is 61.8 Å². The fourth-order valence-electron chi connectivity index (χ4n) is 1.94. The van der Waals surface area contributed by atoms with Gasteiger partial charge in [-0.25, -0.2) is 4.79 Å². The zero-order chi connectivity index (χ0) is 9.87. The van der Waals surface area contributed by atoms with Gasteiger partial charge in [0, 0.05) is 3.58 Å². The molecular weight excluding hydrogens is 303 g/mol. The Bertz CT molecular complexity index is 363. The predicted octanol–water partition coefficient (Wildman–Crippen LogP) is 0.764. The summed E-state index contributed by atoms with van der Waals surface area (Å²) >= 11 is 2.08. The molecule has 0 spiro atoms. The second kappa shape index (κ2) is 2.62. The maximum absolute atomic E-state index is 11.3. The Balaban J connectivity index is 2.04. The van der Waals surface area contributed by atoms with Gasteiger partial charge in [-0.05, 0) is 22.6 Å². The van der Waals surface area contributed by atoms with Gasteiger partial charge < -0.3 is 14.2 Å². The van der Waals surface area contributed by atoms with E-state index in [0.717, 1.165) is 3.58 Å². The molecule has 4 atom stereocenters. The average molecular weight is 308 g/mol. The normalized spacial score (nSPS) is 43.6. The number of fused-ring (bicyclic) bond motifs is 1. The fraction of sp³-hybridized carbons (Fsp3) is 0.500. The van der Waals surface area contributed by atoms with Crippen molar-refractivity contribution < 1.29 is 23.8 Å². The van der Waals surface area contributed by atoms with Gasteiger partial charge >= 0.3 is 12.1 Å². The molecule has 0 saturated carbocycles. The van der Waals surface area contributed by atoms with Crippen LogP contribution in [0.25, 0.3) is 0 Å². The summed E-state index contributed by atoms with van der Waals surface area (Å²) in [4.78, 5) is 22.2. The molecule has 1 aliphatic carbocycles. The highest BCUT2D eigenvalue weighted by atomic mass is 127. The van der Waals surface area contributed by atoms with Gasteiger partial charge in [-0.15, -0.1) is 0 Å². The van der Waals surface area contributed by atoms with Gasteiger partial charge in [0.15, 0.2) is 18.3 Å². The van der Waals surface area contributed by atoms with E-state index in [9.17, 15) is 9.59 Å². The quantitative estimate of drug-likeness (QED) is 0.488. The van der Waals surface area contributed by atoms with Crippen molar-refractivity contribution in [3.8, 4) is 0 Å². The second-order valence-corrected chi connectivity index (χ2v) is 4.60. The lowest BCUT2D eigenvalue weighted by Gasteiger charge is -2.37. The summed E-state index contributed by atoms with van der Waals surface area (Å²) in [5, 5.41) is 0. The van der Waals surface area contributed by atoms with E-state index in [2.05, 4.69) is 22.6 Å². The first-order chi connectivity index (χ1) is 6.66. The summed E-state index contributed by atoms with van der Waals surface area (Å²) in [5.41, 5.74) is 0. The van der Waals surface area contributed by atoms with E-state index < -0.39 is 30.4 Å². The van der Waals surface area contributed by atoms with E-state index in [0.29, 0.717) is 0 Å². The highest BCUT2D eigenvalue weighted by molar-refractivity contribution is 14.1. The van der Waals surface area contributed by atoms with Crippen LogP contribution < -0.4 is 0 Å². The van der Waals surface area contributed by atoms with Gasteiger partial charge in [0.1, 0.15) is 5.92 Å². The van der Waals surface area contributed by atoms with Gasteiger partial charge in [0.2, 0.25) is 0 Å². The first-order valence-electron chi connectivity index (χ1n) is 4.12. The van der Waals surface area contributed by atoms with Crippen LogP contribution in [0.1, 0.15) is 0 Å². The third-order valence-corrected chi connectivity index (χ3v) is 3.54. The molecule has 0 amide bonds. The number of halogens is 1. The van der Waals surface area contributed by atoms with Crippen molar-refractivity contribution >= 4 is 34.7 Å². The van der Waals surface area contributed by atoms with E-state index in [1.165, 1.54) is 0 Å². The first-order valence-corrected chi connectivity index (χ1v) is 5.19. The van der Waals surface area contributed by atoms with Gasteiger partial charge in [-0.3, -0.25) is 4.79 Å². The minimum atomic E-state index is -0.715. The number of hydrogen-bond donors (Lipinski definition) is 0. The molecule has 0 aromatic rings. The zero-order valence-corrected chi connectivity index (χ0v) is 8.96. The Labute approximate surface area is 92.5 Å². The van der Waals surface area contributed by atoms with Crippen LogP contribution in [0.15, 0.2) is 9.66 Å². The molecule has 0 N–H and O–H groups in total. The van der Waals surface area contributed by atoms with Crippen molar-refractivity contribution in [2.75, 3.05) is 0 Å². The molecule has 2 bridgehead atoms. The highest BCUT2D eigenvalue weighted by Crippen LogP contribution is 2.42. The summed E-state index contributed by atoms with van der Waals surface area (Å²) in [6, 6.07) is 0. The van der Waals surface area contributed by atoms with E-state index in [1.54, 1.807) is 6.08 Å². The van der Waals surface area contributed by atoms with Crippen LogP contribution in [0.5, 0.6) is 0 Å². The second-order valence-electron chi connectivity index (χ2n) is 3.35. The van der Waals surface area contributed by atoms with Crippen molar-refractivity contribution in [1.82, 2.24) is 0 Å². The van der Waals surface area contributed by atoms with Crippen LogP contribution in [-0.2, 0) is 19.0 Å². The smallest absolute Gasteiger partial charge is 0.452 e. The molecule has 0 aromatic carbocycles. The predicted molar refractivity (Wildman–Crippen MR) is 50.6 cm³/mol. The lowest BCUT2D eigenvalue weighted by molar-refractivity contribution is -0.171. The monoisotopic (exact) mass is 308 g/mol. The molecule has 5 nitrogen and oxygen atoms in total. The maximum atomic E-state index is 11.3. The van der Waals surface area contributed by atoms with E-state index in [-0.39, 0.29) is 5.97 Å². The number of carbonyl (C=O) groups is 2. The molecular formula is C8H5IO5. The number of rotatable bonds is 0. The lowest BCUT2D eigenvalue weighted by Crippen LogP contribution is -2.53. The Morgan fingerprint density at radius 2 is 1.86 bits per heavy atom. The van der Waals surface area contributed by atoms with Crippen LogP contribution in [0, 0.1) is 5.92 Å². The Hall–Kier alpha value is -0.790. The number of ether oxygens (including phenoxy) is 3. The van der Waals surface area contributed by atoms with Crippen molar-refractivity contribution in [3.05, 3.63) is 9.66 Å². The van der Waals surface area contributed by atoms with Crippen LogP contribution in [0.2, 0.25) is 0 Å². The van der Waals surface area contributed by atoms with Gasteiger partial charge in [0.05, 0.1) is 0 Å². The van der Waals surface area contributed by atoms with E-state index in [1.807, 2.05) is 0 Å². The fourth-order valence-corrected chi connectivity index (χ4v) is 2.81. The molecule has 4 aliphatic rings. The Morgan fingerprint density at radius 1 is 1.14 bits per heavy atom. The summed E-state index contributed by atoms with van der Waals surface area (Å²) in [5.74, 6) is -0.835. The third-order valence-electron chi connectivity index (χ3n) is 2.57. The van der Waals surface area contributed by atoms with Crippen LogP contribution in [0.4, 0.5) is 4.79 Å². The van der Waals surface area contributed by atoms with Gasteiger partial charge in [-0.1, -0.05) is 6.08 Å². The van der Waals surface area contributed by atoms with E-state index >= 15 is 0 Å². The van der Waals surface area contributed by atoms with Crippen molar-refractivity contribution in [3.63, 3.8) is 0 Å². The molecule has 3 aliphatic heterocycles. The average Bonchev–Trinajstić information content (AvgIpc) is 2.50. The Kier molecular flexibility index (Phi) is 1.59. The summed E-state index contributed by atoms with van der Waals surface area (Å²) in [7, 11) is 0. The summed E-state index contributed by atoms with van der Waals surface area (Å²) < 4.78 is 15.8. The molecule has 6 heteroatoms. The van der Waals surface area contributed by atoms with Crippen molar-refractivity contribution in [2.24, 2.45) is 5.92 Å². The Morgan fingerprint density at radius 3 is 2.64 bits per heavy atom. The SMILES string of the molecule is O=C1O[C@@H]2[C@H](O1)[C@@H]1C=C(I)[C@H]2OC1=O. The third kappa shape index (κ3) is 0.943. The van der Waals surface area contributed by atoms with Crippen LogP contribution >= 0.6 is 22.6 Å². The molecule has 0 aromatic heterocycles. The summed E-state index contributed by atoms with van der Waals surface area (Å²) in [6.07, 6.45) is -0.355. The standard InChI is InChI=1S/C8H5IO5/c9-3-1-2-4-6(14-8(11)13-4)5(3)12-7(2)10/h1-2,4-6H/t2-,4+,5+,6+/m0/s1. The van der Waals surface area contributed by atoms with Crippen LogP contribution in [-0.4, -0.2) is 30.4 Å². The zero-order valence-electron chi connectivity index (χ0n) is 6.81. The van der Waals surface area contributed by atoms with Crippen LogP contribution in [0.3, 0.4) is 0 Å². The number of carbonyl (C=O) groups excluding carboxylic acids is 2.